The van der Waals surface area contributed by atoms with Crippen molar-refractivity contribution in [3.8, 4) is 0 Å². The van der Waals surface area contributed by atoms with Crippen LogP contribution in [0.2, 0.25) is 0 Å². The van der Waals surface area contributed by atoms with Gasteiger partial charge in [-0.15, -0.1) is 0 Å². The maximum atomic E-state index is 11.3. The summed E-state index contributed by atoms with van der Waals surface area (Å²) >= 11 is 8.99. The van der Waals surface area contributed by atoms with Crippen molar-refractivity contribution < 1.29 is 14.2 Å². The predicted octanol–water partition coefficient (Wildman–Crippen LogP) is 4.99. The number of hydrogen-bond acceptors (Lipinski definition) is 8. The molecule has 0 rings (SSSR count). The van der Waals surface area contributed by atoms with E-state index >= 15 is 0 Å². The van der Waals surface area contributed by atoms with Gasteiger partial charge in [-0.2, -0.15) is 24.4 Å². The number of nitrogens with one attached hydrogen (secondary N) is 2. The Balaban J connectivity index is -0.000000451. The third-order valence-corrected chi connectivity index (χ3v) is 6.17. The van der Waals surface area contributed by atoms with E-state index < -0.39 is 5.60 Å². The van der Waals surface area contributed by atoms with Crippen LogP contribution >= 0.6 is 40.3 Å². The standard InChI is InChI=1S/C11H24N2O2S.C8H19NS.C3H5BBrNO/c1-10(2,3)15-9(14)13-6-7-16-8-11(4,5)12;1-3-4-5-6-8(2,9)7-10;5-2-1-3(6)4-7/h6-8,12H2,1-5H3,(H,13,14);10H,3-7,9H2,1-2H3;6H,1-2H2. The van der Waals surface area contributed by atoms with E-state index in [0.717, 1.165) is 23.7 Å². The van der Waals surface area contributed by atoms with Crippen molar-refractivity contribution in [2.75, 3.05) is 29.1 Å². The molecule has 0 bridgehead atoms. The Bertz CT molecular complexity index is 529. The number of halogens is 1. The van der Waals surface area contributed by atoms with Crippen molar-refractivity contribution in [3.63, 3.8) is 0 Å². The molecule has 0 saturated carbocycles. The van der Waals surface area contributed by atoms with E-state index in [1.54, 1.807) is 11.8 Å². The number of hydrogen-bond donors (Lipinski definition) is 5. The average molecular weight is 572 g/mol. The van der Waals surface area contributed by atoms with Crippen LogP contribution < -0.4 is 16.8 Å². The van der Waals surface area contributed by atoms with Crippen LogP contribution in [0.5, 0.6) is 0 Å². The van der Waals surface area contributed by atoms with Crippen molar-refractivity contribution >= 4 is 59.2 Å². The summed E-state index contributed by atoms with van der Waals surface area (Å²) in [4.78, 5) is 11.3. The van der Waals surface area contributed by atoms with Crippen LogP contribution in [0.15, 0.2) is 0 Å². The van der Waals surface area contributed by atoms with E-state index in [2.05, 4.69) is 47.7 Å². The number of ether oxygens (including phenoxy) is 1. The van der Waals surface area contributed by atoms with E-state index in [0.29, 0.717) is 25.4 Å². The van der Waals surface area contributed by atoms with E-state index in [4.69, 9.17) is 21.6 Å². The zero-order valence-corrected chi connectivity index (χ0v) is 25.1. The Hall–Kier alpha value is -0.0951. The van der Waals surface area contributed by atoms with Crippen molar-refractivity contribution in [1.29, 1.82) is 5.41 Å². The molecule has 0 aromatic carbocycles. The first-order valence-electron chi connectivity index (χ1n) is 11.3. The first kappa shape index (κ1) is 37.5. The summed E-state index contributed by atoms with van der Waals surface area (Å²) in [5.74, 6) is 2.51. The molecule has 6 N–H and O–H groups in total. The van der Waals surface area contributed by atoms with Crippen molar-refractivity contribution in [2.45, 2.75) is 97.2 Å². The topological polar surface area (TPSA) is 131 Å². The second kappa shape index (κ2) is 21.2. The molecule has 0 fully saturated rings. The van der Waals surface area contributed by atoms with Gasteiger partial charge < -0.3 is 21.5 Å². The van der Waals surface area contributed by atoms with E-state index in [-0.39, 0.29) is 22.8 Å². The molecule has 0 radical (unpaired) electrons. The molecule has 7 nitrogen and oxygen atoms in total. The Kier molecular flexibility index (Phi) is 24.1. The number of carbonyl (C=O) groups is 1. The fourth-order valence-corrected chi connectivity index (χ4v) is 3.40. The number of alkyl carbamates (subject to hydrolysis) is 1. The van der Waals surface area contributed by atoms with Gasteiger partial charge in [0.05, 0.1) is 0 Å². The Labute approximate surface area is 221 Å². The molecular weight excluding hydrogens is 523 g/mol. The summed E-state index contributed by atoms with van der Waals surface area (Å²) in [6.07, 6.45) is 5.07. The maximum absolute atomic E-state index is 11.3. The second-order valence-corrected chi connectivity index (χ2v) is 12.0. The Morgan fingerprint density at radius 2 is 1.76 bits per heavy atom. The zero-order chi connectivity index (χ0) is 26.6. The van der Waals surface area contributed by atoms with Crippen LogP contribution in [0.4, 0.5) is 4.79 Å². The minimum absolute atomic E-state index is 0.0434. The molecule has 0 aliphatic carbocycles. The number of thioether (sulfide) groups is 1. The van der Waals surface area contributed by atoms with Gasteiger partial charge in [-0.3, -0.25) is 0 Å². The van der Waals surface area contributed by atoms with Gasteiger partial charge in [0.15, 0.2) is 0 Å². The second-order valence-electron chi connectivity index (χ2n) is 9.82. The van der Waals surface area contributed by atoms with Crippen LogP contribution in [0.3, 0.4) is 0 Å². The number of carbonyl (C=O) groups excluding carboxylic acids is 1. The molecule has 11 heteroatoms. The summed E-state index contributed by atoms with van der Waals surface area (Å²) in [5, 5.41) is 10.1. The van der Waals surface area contributed by atoms with Crippen LogP contribution in [0, 0.1) is 5.41 Å². The molecule has 0 saturated heterocycles. The summed E-state index contributed by atoms with van der Waals surface area (Å²) in [6, 6.07) is 0. The van der Waals surface area contributed by atoms with Gasteiger partial charge in [0.1, 0.15) is 5.60 Å². The van der Waals surface area contributed by atoms with Crippen molar-refractivity contribution in [1.82, 2.24) is 5.32 Å². The van der Waals surface area contributed by atoms with E-state index in [9.17, 15) is 9.50 Å². The number of nitrogens with two attached hydrogens (primary N) is 2. The molecule has 0 aromatic rings. The van der Waals surface area contributed by atoms with E-state index in [1.165, 1.54) is 19.3 Å². The fraction of sp³-hybridized carbons (Fsp3) is 0.909. The van der Waals surface area contributed by atoms with Crippen LogP contribution in [0.25, 0.3) is 0 Å². The normalized spacial score (nSPS) is 12.7. The SMILES string of the molecule is CC(C)(N)CSCCNC(=O)OC(C)(C)C.CCCCCC(C)(N)CS.N=C(B=O)CCBr. The zero-order valence-electron chi connectivity index (χ0n) is 21.8. The summed E-state index contributed by atoms with van der Waals surface area (Å²) < 4.78 is 14.8. The Morgan fingerprint density at radius 1 is 1.18 bits per heavy atom. The number of rotatable bonds is 13. The van der Waals surface area contributed by atoms with Crippen LogP contribution in [0.1, 0.15) is 80.6 Å². The molecule has 1 atom stereocenters. The first-order chi connectivity index (χ1) is 15.0. The molecule has 0 aromatic heterocycles. The molecule has 0 aliphatic rings. The molecule has 1 unspecified atom stereocenters. The van der Waals surface area contributed by atoms with Crippen molar-refractivity contribution in [3.05, 3.63) is 0 Å². The Morgan fingerprint density at radius 3 is 2.12 bits per heavy atom. The van der Waals surface area contributed by atoms with Gasteiger partial charge in [0.25, 0.3) is 0 Å². The van der Waals surface area contributed by atoms with Gasteiger partial charge in [0, 0.05) is 34.9 Å². The molecule has 0 spiro atoms. The molecular formula is C22H48BBrN4O3S2. The minimum atomic E-state index is -0.434. The number of unbranched alkanes of at least 4 members (excludes halogenated alkanes) is 2. The molecule has 1 amide bonds. The van der Waals surface area contributed by atoms with E-state index in [1.807, 2.05) is 34.6 Å². The van der Waals surface area contributed by atoms with Gasteiger partial charge in [-0.1, -0.05) is 26.2 Å². The van der Waals surface area contributed by atoms with Gasteiger partial charge in [-0.25, -0.2) is 4.79 Å². The van der Waals surface area contributed by atoms with Crippen LogP contribution in [-0.2, 0) is 9.44 Å². The summed E-state index contributed by atoms with van der Waals surface area (Å²) in [7, 11) is 0.557. The van der Waals surface area contributed by atoms with Gasteiger partial charge >= 0.3 is 56.6 Å². The molecule has 0 aliphatic heterocycles. The quantitative estimate of drug-likeness (QED) is 0.0696. The predicted molar refractivity (Wildman–Crippen MR) is 153 cm³/mol. The summed E-state index contributed by atoms with van der Waals surface area (Å²) in [6.45, 7) is 14.4. The third-order valence-electron chi connectivity index (χ3n) is 3.61. The number of alkyl halides is 1. The van der Waals surface area contributed by atoms with Gasteiger partial charge in [0.2, 0.25) is 0 Å². The monoisotopic (exact) mass is 570 g/mol. The molecule has 196 valence electrons. The van der Waals surface area contributed by atoms with Crippen LogP contribution in [-0.4, -0.2) is 64.7 Å². The van der Waals surface area contributed by atoms with Gasteiger partial charge in [-0.05, 0) is 48.0 Å². The molecule has 33 heavy (non-hydrogen) atoms. The number of amides is 1. The van der Waals surface area contributed by atoms with Crippen molar-refractivity contribution in [2.24, 2.45) is 11.5 Å². The number of thiol groups is 1. The third kappa shape index (κ3) is 36.6. The fourth-order valence-electron chi connectivity index (χ4n) is 1.89. The summed E-state index contributed by atoms with van der Waals surface area (Å²) in [5.41, 5.74) is 11.2. The molecule has 0 heterocycles. The average Bonchev–Trinajstić information content (AvgIpc) is 2.67. The first-order valence-corrected chi connectivity index (χ1v) is 14.3.